The van der Waals surface area contributed by atoms with Crippen molar-refractivity contribution in [2.45, 2.75) is 26.7 Å². The number of nitrogens with one attached hydrogen (secondary N) is 1. The number of hydrogen-bond donors (Lipinski definition) is 2. The number of carbonyl (C=O) groups excluding carboxylic acids is 1. The molecule has 20 heavy (non-hydrogen) atoms. The number of aryl methyl sites for hydroxylation is 1. The molecule has 1 atom stereocenters. The van der Waals surface area contributed by atoms with Crippen molar-refractivity contribution in [3.8, 4) is 5.75 Å². The second-order valence-corrected chi connectivity index (χ2v) is 5.22. The maximum absolute atomic E-state index is 11.7. The molecule has 0 aliphatic carbocycles. The van der Waals surface area contributed by atoms with Crippen LogP contribution in [0.5, 0.6) is 5.75 Å². The van der Waals surface area contributed by atoms with Gasteiger partial charge in [0.2, 0.25) is 0 Å². The number of rotatable bonds is 8. The Morgan fingerprint density at radius 2 is 2.25 bits per heavy atom. The van der Waals surface area contributed by atoms with Gasteiger partial charge in [0.05, 0.1) is 5.02 Å². The third kappa shape index (κ3) is 5.80. The Morgan fingerprint density at radius 3 is 2.90 bits per heavy atom. The second-order valence-electron chi connectivity index (χ2n) is 4.81. The molecular weight excluding hydrogens is 278 g/mol. The van der Waals surface area contributed by atoms with Crippen LogP contribution in [0, 0.1) is 12.8 Å². The summed E-state index contributed by atoms with van der Waals surface area (Å²) in [6.45, 7) is 4.61. The average molecular weight is 300 g/mol. The SMILES string of the molecule is CCC(CCO)CNC(=O)COc1cc(C)ccc1Cl. The first-order chi connectivity index (χ1) is 9.56. The Hall–Kier alpha value is -1.26. The van der Waals surface area contributed by atoms with Crippen molar-refractivity contribution >= 4 is 17.5 Å². The highest BCUT2D eigenvalue weighted by molar-refractivity contribution is 6.32. The molecule has 0 fully saturated rings. The van der Waals surface area contributed by atoms with Crippen LogP contribution in [0.4, 0.5) is 0 Å². The van der Waals surface area contributed by atoms with Gasteiger partial charge in [-0.25, -0.2) is 0 Å². The number of aliphatic hydroxyl groups is 1. The Bertz CT molecular complexity index is 437. The normalized spacial score (nSPS) is 12.0. The van der Waals surface area contributed by atoms with Crippen LogP contribution >= 0.6 is 11.6 Å². The summed E-state index contributed by atoms with van der Waals surface area (Å²) in [4.78, 5) is 11.7. The molecule has 1 rings (SSSR count). The zero-order valence-electron chi connectivity index (χ0n) is 12.0. The van der Waals surface area contributed by atoms with Gasteiger partial charge in [0.15, 0.2) is 6.61 Å². The molecule has 0 spiro atoms. The van der Waals surface area contributed by atoms with Gasteiger partial charge in [-0.3, -0.25) is 4.79 Å². The maximum atomic E-state index is 11.7. The Balaban J connectivity index is 2.37. The lowest BCUT2D eigenvalue weighted by atomic mass is 10.0. The van der Waals surface area contributed by atoms with Gasteiger partial charge >= 0.3 is 0 Å². The summed E-state index contributed by atoms with van der Waals surface area (Å²) in [5, 5.41) is 12.2. The molecule has 2 N–H and O–H groups in total. The molecule has 112 valence electrons. The van der Waals surface area contributed by atoms with E-state index in [0.717, 1.165) is 12.0 Å². The largest absolute Gasteiger partial charge is 0.482 e. The molecule has 0 saturated heterocycles. The van der Waals surface area contributed by atoms with Gasteiger partial charge in [-0.2, -0.15) is 0 Å². The molecule has 1 unspecified atom stereocenters. The van der Waals surface area contributed by atoms with Crippen LogP contribution in [-0.2, 0) is 4.79 Å². The zero-order chi connectivity index (χ0) is 15.0. The van der Waals surface area contributed by atoms with Gasteiger partial charge in [0, 0.05) is 13.2 Å². The predicted octanol–water partition coefficient (Wildman–Crippen LogP) is 2.55. The fraction of sp³-hybridized carbons (Fsp3) is 0.533. The first-order valence-corrected chi connectivity index (χ1v) is 7.21. The van der Waals surface area contributed by atoms with Gasteiger partial charge in [-0.15, -0.1) is 0 Å². The highest BCUT2D eigenvalue weighted by atomic mass is 35.5. The van der Waals surface area contributed by atoms with E-state index in [0.29, 0.717) is 29.7 Å². The van der Waals surface area contributed by atoms with Crippen molar-refractivity contribution in [3.63, 3.8) is 0 Å². The number of ether oxygens (including phenoxy) is 1. The Labute approximate surface area is 125 Å². The fourth-order valence-electron chi connectivity index (χ4n) is 1.81. The van der Waals surface area contributed by atoms with Gasteiger partial charge < -0.3 is 15.2 Å². The van der Waals surface area contributed by atoms with Crippen molar-refractivity contribution in [3.05, 3.63) is 28.8 Å². The molecular formula is C15H22ClNO3. The second kappa shape index (κ2) is 8.82. The summed E-state index contributed by atoms with van der Waals surface area (Å²) in [6.07, 6.45) is 1.62. The third-order valence-electron chi connectivity index (χ3n) is 3.15. The molecule has 0 aliphatic rings. The summed E-state index contributed by atoms with van der Waals surface area (Å²) >= 11 is 5.99. The highest BCUT2D eigenvalue weighted by Crippen LogP contribution is 2.24. The van der Waals surface area contributed by atoms with Crippen LogP contribution in [-0.4, -0.2) is 30.8 Å². The topological polar surface area (TPSA) is 58.6 Å². The maximum Gasteiger partial charge on any atom is 0.257 e. The zero-order valence-corrected chi connectivity index (χ0v) is 12.7. The molecule has 0 aromatic heterocycles. The van der Waals surface area contributed by atoms with Gasteiger partial charge in [0.1, 0.15) is 5.75 Å². The fourth-order valence-corrected chi connectivity index (χ4v) is 1.98. The van der Waals surface area contributed by atoms with E-state index in [4.69, 9.17) is 21.4 Å². The predicted molar refractivity (Wildman–Crippen MR) is 80.2 cm³/mol. The van der Waals surface area contributed by atoms with Crippen molar-refractivity contribution in [1.29, 1.82) is 0 Å². The number of halogens is 1. The van der Waals surface area contributed by atoms with E-state index in [2.05, 4.69) is 5.32 Å². The molecule has 0 radical (unpaired) electrons. The molecule has 1 aromatic carbocycles. The molecule has 0 aliphatic heterocycles. The molecule has 0 heterocycles. The highest BCUT2D eigenvalue weighted by Gasteiger charge is 2.09. The van der Waals surface area contributed by atoms with Crippen LogP contribution < -0.4 is 10.1 Å². The van der Waals surface area contributed by atoms with E-state index in [1.165, 1.54) is 0 Å². The summed E-state index contributed by atoms with van der Waals surface area (Å²) in [5.74, 6) is 0.634. The van der Waals surface area contributed by atoms with Gasteiger partial charge in [-0.05, 0) is 37.0 Å². The standard InChI is InChI=1S/C15H22ClNO3/c1-3-12(6-7-18)9-17-15(19)10-20-14-8-11(2)4-5-13(14)16/h4-5,8,12,18H,3,6-7,9-10H2,1-2H3,(H,17,19). The number of amides is 1. The van der Waals surface area contributed by atoms with Crippen molar-refractivity contribution < 1.29 is 14.6 Å². The molecule has 1 aromatic rings. The van der Waals surface area contributed by atoms with Crippen LogP contribution in [0.3, 0.4) is 0 Å². The minimum atomic E-state index is -0.182. The molecule has 0 saturated carbocycles. The van der Waals surface area contributed by atoms with Crippen molar-refractivity contribution in [1.82, 2.24) is 5.32 Å². The van der Waals surface area contributed by atoms with Crippen molar-refractivity contribution in [2.75, 3.05) is 19.8 Å². The molecule has 5 heteroatoms. The van der Waals surface area contributed by atoms with E-state index in [9.17, 15) is 4.79 Å². The minimum absolute atomic E-state index is 0.0568. The summed E-state index contributed by atoms with van der Waals surface area (Å²) < 4.78 is 5.41. The first kappa shape index (κ1) is 16.8. The lowest BCUT2D eigenvalue weighted by molar-refractivity contribution is -0.123. The van der Waals surface area contributed by atoms with Crippen molar-refractivity contribution in [2.24, 2.45) is 5.92 Å². The number of aliphatic hydroxyl groups excluding tert-OH is 1. The van der Waals surface area contributed by atoms with Crippen LogP contribution in [0.25, 0.3) is 0 Å². The van der Waals surface area contributed by atoms with Crippen LogP contribution in [0.1, 0.15) is 25.3 Å². The van der Waals surface area contributed by atoms with E-state index in [-0.39, 0.29) is 19.1 Å². The number of hydrogen-bond acceptors (Lipinski definition) is 3. The lowest BCUT2D eigenvalue weighted by Gasteiger charge is -2.14. The lowest BCUT2D eigenvalue weighted by Crippen LogP contribution is -2.33. The smallest absolute Gasteiger partial charge is 0.257 e. The van der Waals surface area contributed by atoms with Gasteiger partial charge in [-0.1, -0.05) is 31.0 Å². The van der Waals surface area contributed by atoms with Crippen LogP contribution in [0.15, 0.2) is 18.2 Å². The van der Waals surface area contributed by atoms with E-state index >= 15 is 0 Å². The molecule has 1 amide bonds. The minimum Gasteiger partial charge on any atom is -0.482 e. The van der Waals surface area contributed by atoms with E-state index in [1.807, 2.05) is 19.9 Å². The van der Waals surface area contributed by atoms with Crippen LogP contribution in [0.2, 0.25) is 5.02 Å². The van der Waals surface area contributed by atoms with Gasteiger partial charge in [0.25, 0.3) is 5.91 Å². The Morgan fingerprint density at radius 1 is 1.50 bits per heavy atom. The monoisotopic (exact) mass is 299 g/mol. The van der Waals surface area contributed by atoms with E-state index in [1.54, 1.807) is 12.1 Å². The summed E-state index contributed by atoms with van der Waals surface area (Å²) in [7, 11) is 0. The molecule has 0 bridgehead atoms. The number of carbonyl (C=O) groups is 1. The molecule has 4 nitrogen and oxygen atoms in total. The Kier molecular flexibility index (Phi) is 7.41. The summed E-state index contributed by atoms with van der Waals surface area (Å²) in [5.41, 5.74) is 1.03. The average Bonchev–Trinajstić information content (AvgIpc) is 2.44. The first-order valence-electron chi connectivity index (χ1n) is 6.83. The quantitative estimate of drug-likeness (QED) is 0.775. The number of benzene rings is 1. The summed E-state index contributed by atoms with van der Waals surface area (Å²) in [6, 6.07) is 5.44. The third-order valence-corrected chi connectivity index (χ3v) is 3.46. The van der Waals surface area contributed by atoms with E-state index < -0.39 is 0 Å².